The molecule has 4 N–H and O–H groups in total. The summed E-state index contributed by atoms with van der Waals surface area (Å²) < 4.78 is 31.6. The molecule has 0 saturated heterocycles. The number of anilines is 1. The van der Waals surface area contributed by atoms with Crippen molar-refractivity contribution in [2.75, 3.05) is 31.6 Å². The van der Waals surface area contributed by atoms with Crippen LogP contribution in [0.1, 0.15) is 39.9 Å². The number of benzene rings is 5. The van der Waals surface area contributed by atoms with E-state index in [1.54, 1.807) is 91.9 Å². The number of carbonyl (C=O) groups excluding carboxylic acids is 4. The van der Waals surface area contributed by atoms with Crippen LogP contribution in [-0.4, -0.2) is 49.9 Å². The Kier molecular flexibility index (Phi) is 12.8. The zero-order valence-corrected chi connectivity index (χ0v) is 28.5. The first-order valence-electron chi connectivity index (χ1n) is 16.6. The van der Waals surface area contributed by atoms with Gasteiger partial charge in [-0.05, 0) is 90.3 Å². The number of nitrogens with two attached hydrogens (primary N) is 1. The van der Waals surface area contributed by atoms with Gasteiger partial charge in [0.15, 0.2) is 19.0 Å². The number of carbonyl (C=O) groups is 4. The lowest BCUT2D eigenvalue weighted by Gasteiger charge is -2.14. The molecule has 52 heavy (non-hydrogen) atoms. The van der Waals surface area contributed by atoms with E-state index in [9.17, 15) is 19.2 Å². The molecule has 0 spiro atoms. The Morgan fingerprint density at radius 2 is 1.33 bits per heavy atom. The van der Waals surface area contributed by atoms with Crippen LogP contribution in [0.2, 0.25) is 0 Å². The standard InChI is InChI=1S/C41H38FN3O7/c1-27(41(49)52-24-28-5-3-2-4-6-28)32-13-20-36(37(42)23-32)29-7-14-33(15-8-29)45-39(47)26-51-35-18-11-31(12-19-35)40(48)30-9-16-34(17-10-30)50-25-38(46)44-22-21-43/h2-20,23,27H,21-22,24-26,43H2,1H3,(H,44,46)(H,45,47). The molecule has 5 aromatic rings. The van der Waals surface area contributed by atoms with E-state index in [1.165, 1.54) is 6.07 Å². The second-order valence-corrected chi connectivity index (χ2v) is 11.8. The number of halogens is 1. The summed E-state index contributed by atoms with van der Waals surface area (Å²) in [6.07, 6.45) is 0. The average molecular weight is 704 g/mol. The van der Waals surface area contributed by atoms with Crippen LogP contribution in [0, 0.1) is 5.82 Å². The molecule has 5 rings (SSSR count). The molecule has 266 valence electrons. The number of hydrogen-bond donors (Lipinski definition) is 3. The maximum absolute atomic E-state index is 15.2. The molecule has 0 aromatic heterocycles. The summed E-state index contributed by atoms with van der Waals surface area (Å²) in [4.78, 5) is 49.7. The Morgan fingerprint density at radius 3 is 1.90 bits per heavy atom. The molecule has 11 heteroatoms. The molecule has 0 aliphatic carbocycles. The first kappa shape index (κ1) is 36.9. The monoisotopic (exact) mass is 703 g/mol. The van der Waals surface area contributed by atoms with Crippen LogP contribution in [-0.2, 0) is 25.7 Å². The normalized spacial score (nSPS) is 11.2. The van der Waals surface area contributed by atoms with Crippen LogP contribution in [0.5, 0.6) is 11.5 Å². The number of esters is 1. The summed E-state index contributed by atoms with van der Waals surface area (Å²) in [5.41, 5.74) is 9.04. The van der Waals surface area contributed by atoms with E-state index >= 15 is 4.39 Å². The molecule has 0 bridgehead atoms. The number of hydrogen-bond acceptors (Lipinski definition) is 8. The van der Waals surface area contributed by atoms with Crippen molar-refractivity contribution < 1.29 is 37.8 Å². The summed E-state index contributed by atoms with van der Waals surface area (Å²) in [5, 5.41) is 5.35. The van der Waals surface area contributed by atoms with E-state index in [-0.39, 0.29) is 31.5 Å². The predicted octanol–water partition coefficient (Wildman–Crippen LogP) is 6.04. The summed E-state index contributed by atoms with van der Waals surface area (Å²) in [7, 11) is 0. The Morgan fingerprint density at radius 1 is 0.731 bits per heavy atom. The van der Waals surface area contributed by atoms with Gasteiger partial charge in [0.1, 0.15) is 23.9 Å². The smallest absolute Gasteiger partial charge is 0.313 e. The number of amides is 2. The Hall–Kier alpha value is -6.33. The molecule has 0 fully saturated rings. The molecule has 0 aliphatic heterocycles. The largest absolute Gasteiger partial charge is 0.484 e. The maximum Gasteiger partial charge on any atom is 0.313 e. The first-order chi connectivity index (χ1) is 25.2. The van der Waals surface area contributed by atoms with Crippen LogP contribution in [0.25, 0.3) is 11.1 Å². The lowest BCUT2D eigenvalue weighted by Crippen LogP contribution is -2.32. The van der Waals surface area contributed by atoms with Gasteiger partial charge in [-0.1, -0.05) is 54.6 Å². The van der Waals surface area contributed by atoms with E-state index in [0.29, 0.717) is 58.1 Å². The van der Waals surface area contributed by atoms with E-state index in [4.69, 9.17) is 19.9 Å². The van der Waals surface area contributed by atoms with Gasteiger partial charge in [-0.2, -0.15) is 0 Å². The lowest BCUT2D eigenvalue weighted by atomic mass is 9.97. The molecule has 0 aliphatic rings. The molecule has 0 saturated carbocycles. The molecule has 0 radical (unpaired) electrons. The molecule has 5 aromatic carbocycles. The van der Waals surface area contributed by atoms with E-state index in [0.717, 1.165) is 5.56 Å². The highest BCUT2D eigenvalue weighted by molar-refractivity contribution is 6.09. The van der Waals surface area contributed by atoms with Gasteiger partial charge in [0, 0.05) is 35.5 Å². The highest BCUT2D eigenvalue weighted by Gasteiger charge is 2.19. The second kappa shape index (κ2) is 18.1. The fourth-order valence-corrected chi connectivity index (χ4v) is 5.09. The van der Waals surface area contributed by atoms with Gasteiger partial charge in [0.25, 0.3) is 11.8 Å². The van der Waals surface area contributed by atoms with Crippen molar-refractivity contribution in [3.05, 3.63) is 149 Å². The molecule has 0 heterocycles. The topological polar surface area (TPSA) is 146 Å². The van der Waals surface area contributed by atoms with Crippen molar-refractivity contribution in [3.63, 3.8) is 0 Å². The minimum Gasteiger partial charge on any atom is -0.484 e. The summed E-state index contributed by atoms with van der Waals surface area (Å²) in [5.74, 6) is -1.64. The average Bonchev–Trinajstić information content (AvgIpc) is 3.18. The molecule has 1 unspecified atom stereocenters. The van der Waals surface area contributed by atoms with E-state index in [2.05, 4.69) is 10.6 Å². The van der Waals surface area contributed by atoms with Gasteiger partial charge in [-0.25, -0.2) is 4.39 Å². The zero-order valence-electron chi connectivity index (χ0n) is 28.5. The number of ketones is 1. The summed E-state index contributed by atoms with van der Waals surface area (Å²) in [6, 6.07) is 33.5. The minimum atomic E-state index is -0.646. The lowest BCUT2D eigenvalue weighted by molar-refractivity contribution is -0.146. The second-order valence-electron chi connectivity index (χ2n) is 11.8. The molecular formula is C41H38FN3O7. The van der Waals surface area contributed by atoms with Crippen molar-refractivity contribution in [1.29, 1.82) is 0 Å². The molecule has 1 atom stereocenters. The fourth-order valence-electron chi connectivity index (χ4n) is 5.09. The van der Waals surface area contributed by atoms with Gasteiger partial charge >= 0.3 is 5.97 Å². The number of rotatable bonds is 16. The van der Waals surface area contributed by atoms with Gasteiger partial charge < -0.3 is 30.6 Å². The van der Waals surface area contributed by atoms with Crippen molar-refractivity contribution in [3.8, 4) is 22.6 Å². The Bertz CT molecular complexity index is 1980. The third-order valence-electron chi connectivity index (χ3n) is 7.99. The number of nitrogens with one attached hydrogen (secondary N) is 2. The van der Waals surface area contributed by atoms with Crippen LogP contribution < -0.4 is 25.8 Å². The highest BCUT2D eigenvalue weighted by atomic mass is 19.1. The zero-order chi connectivity index (χ0) is 36.9. The maximum atomic E-state index is 15.2. The summed E-state index contributed by atoms with van der Waals surface area (Å²) in [6.45, 7) is 2.09. The van der Waals surface area contributed by atoms with Gasteiger partial charge in [-0.15, -0.1) is 0 Å². The quantitative estimate of drug-likeness (QED) is 0.0833. The predicted molar refractivity (Wildman–Crippen MR) is 194 cm³/mol. The van der Waals surface area contributed by atoms with Crippen LogP contribution in [0.4, 0.5) is 10.1 Å². The van der Waals surface area contributed by atoms with Crippen molar-refractivity contribution in [2.24, 2.45) is 5.73 Å². The van der Waals surface area contributed by atoms with Crippen molar-refractivity contribution in [2.45, 2.75) is 19.4 Å². The SMILES string of the molecule is CC(C(=O)OCc1ccccc1)c1ccc(-c2ccc(NC(=O)COc3ccc(C(=O)c4ccc(OCC(=O)NCCN)cc4)cc3)cc2)c(F)c1. The third-order valence-corrected chi connectivity index (χ3v) is 7.99. The third kappa shape index (κ3) is 10.3. The van der Waals surface area contributed by atoms with Crippen LogP contribution in [0.3, 0.4) is 0 Å². The highest BCUT2D eigenvalue weighted by Crippen LogP contribution is 2.28. The molecule has 10 nitrogen and oxygen atoms in total. The first-order valence-corrected chi connectivity index (χ1v) is 16.6. The van der Waals surface area contributed by atoms with Crippen molar-refractivity contribution >= 4 is 29.3 Å². The van der Waals surface area contributed by atoms with Gasteiger partial charge in [-0.3, -0.25) is 19.2 Å². The minimum absolute atomic E-state index is 0.144. The van der Waals surface area contributed by atoms with Gasteiger partial charge in [0.2, 0.25) is 0 Å². The Labute approximate surface area is 300 Å². The van der Waals surface area contributed by atoms with Gasteiger partial charge in [0.05, 0.1) is 5.92 Å². The fraction of sp³-hybridized carbons (Fsp3) is 0.171. The van der Waals surface area contributed by atoms with E-state index < -0.39 is 23.6 Å². The van der Waals surface area contributed by atoms with Crippen LogP contribution in [0.15, 0.2) is 121 Å². The van der Waals surface area contributed by atoms with Crippen LogP contribution >= 0.6 is 0 Å². The Balaban J connectivity index is 1.07. The number of ether oxygens (including phenoxy) is 3. The molecular weight excluding hydrogens is 665 g/mol. The molecule has 2 amide bonds. The van der Waals surface area contributed by atoms with E-state index in [1.807, 2.05) is 30.3 Å². The van der Waals surface area contributed by atoms with Crippen molar-refractivity contribution in [1.82, 2.24) is 5.32 Å². The summed E-state index contributed by atoms with van der Waals surface area (Å²) >= 11 is 0.